The number of hydrogen-bond acceptors (Lipinski definition) is 2. The average Bonchev–Trinajstić information content (AvgIpc) is 2.59. The molecule has 142 valence electrons. The summed E-state index contributed by atoms with van der Waals surface area (Å²) in [6.45, 7) is 3.22. The van der Waals surface area contributed by atoms with E-state index in [4.69, 9.17) is 9.47 Å². The maximum absolute atomic E-state index is 12.8. The molecule has 26 heavy (non-hydrogen) atoms. The summed E-state index contributed by atoms with van der Waals surface area (Å²) in [6, 6.07) is 14.2. The second-order valence-corrected chi connectivity index (χ2v) is 5.49. The molecule has 0 saturated heterocycles. The van der Waals surface area contributed by atoms with Crippen molar-refractivity contribution in [3.63, 3.8) is 0 Å². The Hall–Kier alpha value is -1.55. The zero-order valence-electron chi connectivity index (χ0n) is 14.0. The molecule has 1 atom stereocenters. The van der Waals surface area contributed by atoms with Crippen molar-refractivity contribution >= 4 is 0 Å². The zero-order valence-corrected chi connectivity index (χ0v) is 16.9. The molecule has 1 unspecified atom stereocenters. The molecule has 0 fully saturated rings. The van der Waals surface area contributed by atoms with Crippen molar-refractivity contribution in [1.82, 2.24) is 0 Å². The quantitative estimate of drug-likeness (QED) is 0.341. The van der Waals surface area contributed by atoms with E-state index in [-0.39, 0.29) is 26.8 Å². The monoisotopic (exact) mass is 539 g/mol. The first kappa shape index (κ1) is 22.5. The van der Waals surface area contributed by atoms with Gasteiger partial charge in [-0.25, -0.2) is 4.39 Å². The van der Waals surface area contributed by atoms with Gasteiger partial charge in [-0.15, -0.1) is 6.42 Å². The Morgan fingerprint density at radius 2 is 1.31 bits per heavy atom. The molecule has 0 radical (unpaired) electrons. The molecular weight excluding hydrogens is 520 g/mol. The smallest absolute Gasteiger partial charge is 0.423 e. The molecule has 7 heteroatoms. The minimum atomic E-state index is -4.90. The molecule has 0 bridgehead atoms. The predicted molar refractivity (Wildman–Crippen MR) is 87.6 cm³/mol. The van der Waals surface area contributed by atoms with Gasteiger partial charge in [-0.3, -0.25) is 0 Å². The Balaban J connectivity index is 0.00000338. The van der Waals surface area contributed by atoms with E-state index in [0.29, 0.717) is 19.4 Å². The van der Waals surface area contributed by atoms with Crippen molar-refractivity contribution in [2.45, 2.75) is 25.2 Å². The van der Waals surface area contributed by atoms with E-state index < -0.39 is 19.0 Å². The fourth-order valence-electron chi connectivity index (χ4n) is 2.10. The molecule has 0 aliphatic carbocycles. The summed E-state index contributed by atoms with van der Waals surface area (Å²) in [5.41, 5.74) is 2.03. The SMILES string of the molecule is [CH2-]CCOc1ccc(Cc2ccc(OCC(F)C(F)(F)F)cc2)cc1.[W]. The third-order valence-corrected chi connectivity index (χ3v) is 3.42. The van der Waals surface area contributed by atoms with Gasteiger partial charge in [-0.2, -0.15) is 13.2 Å². The van der Waals surface area contributed by atoms with Crippen molar-refractivity contribution in [3.8, 4) is 11.5 Å². The van der Waals surface area contributed by atoms with E-state index in [2.05, 4.69) is 6.92 Å². The van der Waals surface area contributed by atoms with E-state index in [9.17, 15) is 17.6 Å². The van der Waals surface area contributed by atoms with Crippen molar-refractivity contribution in [2.75, 3.05) is 13.2 Å². The average molecular weight is 539 g/mol. The molecule has 0 aromatic heterocycles. The number of ether oxygens (including phenoxy) is 2. The van der Waals surface area contributed by atoms with Crippen LogP contribution in [-0.2, 0) is 27.5 Å². The molecule has 0 amide bonds. The normalized spacial score (nSPS) is 12.2. The fourth-order valence-corrected chi connectivity index (χ4v) is 2.10. The summed E-state index contributed by atoms with van der Waals surface area (Å²) in [5.74, 6) is 0.981. The van der Waals surface area contributed by atoms with Crippen molar-refractivity contribution in [1.29, 1.82) is 0 Å². The van der Waals surface area contributed by atoms with Gasteiger partial charge < -0.3 is 16.4 Å². The second-order valence-electron chi connectivity index (χ2n) is 5.49. The van der Waals surface area contributed by atoms with E-state index in [1.54, 1.807) is 12.1 Å². The summed E-state index contributed by atoms with van der Waals surface area (Å²) in [5, 5.41) is 0. The van der Waals surface area contributed by atoms with Crippen molar-refractivity contribution in [2.24, 2.45) is 0 Å². The van der Waals surface area contributed by atoms with Gasteiger partial charge in [0.15, 0.2) is 0 Å². The summed E-state index contributed by atoms with van der Waals surface area (Å²) in [6.07, 6.45) is -6.54. The standard InChI is InChI=1S/C19H19F4O2.W/c1-2-11-24-16-7-3-14(4-8-16)12-15-5-9-17(10-6-15)25-13-18(20)19(21,22)23;/h3-10,18H,1-2,11-13H2;/q-1;. The van der Waals surface area contributed by atoms with E-state index >= 15 is 0 Å². The van der Waals surface area contributed by atoms with Crippen LogP contribution in [0.3, 0.4) is 0 Å². The number of halogens is 4. The molecule has 2 aromatic rings. The van der Waals surface area contributed by atoms with Crippen LogP contribution in [-0.4, -0.2) is 25.6 Å². The van der Waals surface area contributed by atoms with Gasteiger partial charge in [-0.05, 0) is 41.8 Å². The topological polar surface area (TPSA) is 18.5 Å². The van der Waals surface area contributed by atoms with E-state index in [0.717, 1.165) is 16.9 Å². The fraction of sp³-hybridized carbons (Fsp3) is 0.316. The van der Waals surface area contributed by atoms with Gasteiger partial charge in [0.1, 0.15) is 18.1 Å². The Labute approximate surface area is 164 Å². The van der Waals surface area contributed by atoms with Crippen LogP contribution in [0, 0.1) is 6.92 Å². The van der Waals surface area contributed by atoms with Crippen molar-refractivity contribution < 1.29 is 48.1 Å². The van der Waals surface area contributed by atoms with Crippen molar-refractivity contribution in [3.05, 3.63) is 66.6 Å². The van der Waals surface area contributed by atoms with Gasteiger partial charge in [0.25, 0.3) is 0 Å². The Bertz CT molecular complexity index is 642. The first-order valence-corrected chi connectivity index (χ1v) is 7.82. The molecule has 0 heterocycles. The van der Waals surface area contributed by atoms with Gasteiger partial charge in [0.2, 0.25) is 6.17 Å². The van der Waals surface area contributed by atoms with Crippen LogP contribution in [0.25, 0.3) is 0 Å². The Morgan fingerprint density at radius 1 is 0.846 bits per heavy atom. The molecule has 2 aromatic carbocycles. The van der Waals surface area contributed by atoms with Gasteiger partial charge in [0.05, 0.1) is 6.61 Å². The van der Waals surface area contributed by atoms with Gasteiger partial charge in [-0.1, -0.05) is 24.3 Å². The minimum Gasteiger partial charge on any atom is -0.496 e. The Kier molecular flexibility index (Phi) is 9.14. The maximum atomic E-state index is 12.8. The predicted octanol–water partition coefficient (Wildman–Crippen LogP) is 5.16. The van der Waals surface area contributed by atoms with Crippen LogP contribution in [0.1, 0.15) is 17.5 Å². The molecule has 0 aliphatic heterocycles. The third-order valence-electron chi connectivity index (χ3n) is 3.42. The number of benzene rings is 2. The molecule has 0 aliphatic rings. The number of hydrogen-bond donors (Lipinski definition) is 0. The summed E-state index contributed by atoms with van der Waals surface area (Å²) >= 11 is 0. The van der Waals surface area contributed by atoms with Gasteiger partial charge in [0, 0.05) is 21.1 Å². The molecular formula is C19H19F4O2W-. The minimum absolute atomic E-state index is 0. The molecule has 0 N–H and O–H groups in total. The Morgan fingerprint density at radius 3 is 1.73 bits per heavy atom. The number of rotatable bonds is 8. The first-order valence-electron chi connectivity index (χ1n) is 7.82. The largest absolute Gasteiger partial charge is 0.496 e. The van der Waals surface area contributed by atoms with Gasteiger partial charge >= 0.3 is 6.18 Å². The van der Waals surface area contributed by atoms with Crippen LogP contribution in [0.2, 0.25) is 0 Å². The summed E-state index contributed by atoms with van der Waals surface area (Å²) < 4.78 is 59.4. The van der Waals surface area contributed by atoms with Crippen LogP contribution in [0.15, 0.2) is 48.5 Å². The summed E-state index contributed by atoms with van der Waals surface area (Å²) in [4.78, 5) is 0. The van der Waals surface area contributed by atoms with E-state index in [1.807, 2.05) is 24.3 Å². The van der Waals surface area contributed by atoms with Crippen LogP contribution in [0.5, 0.6) is 11.5 Å². The molecule has 0 spiro atoms. The number of alkyl halides is 4. The van der Waals surface area contributed by atoms with Crippen LogP contribution < -0.4 is 9.47 Å². The summed E-state index contributed by atoms with van der Waals surface area (Å²) in [7, 11) is 0. The maximum Gasteiger partial charge on any atom is 0.423 e. The van der Waals surface area contributed by atoms with Crippen LogP contribution >= 0.6 is 0 Å². The van der Waals surface area contributed by atoms with E-state index in [1.165, 1.54) is 12.1 Å². The second kappa shape index (κ2) is 10.6. The zero-order chi connectivity index (χ0) is 18.3. The first-order chi connectivity index (χ1) is 11.9. The molecule has 0 saturated carbocycles. The third kappa shape index (κ3) is 7.36. The molecule has 2 rings (SSSR count). The molecule has 2 nitrogen and oxygen atoms in total. The van der Waals surface area contributed by atoms with Crippen LogP contribution in [0.4, 0.5) is 17.6 Å².